The maximum atomic E-state index is 8.66. The van der Waals surface area contributed by atoms with E-state index in [0.717, 1.165) is 54.4 Å². The van der Waals surface area contributed by atoms with Crippen LogP contribution in [0.25, 0.3) is 0 Å². The number of hydrogen-bond acceptors (Lipinski definition) is 6. The molecule has 1 aromatic heterocycles. The lowest BCUT2D eigenvalue weighted by molar-refractivity contribution is 0.259. The second-order valence-electron chi connectivity index (χ2n) is 8.93. The van der Waals surface area contributed by atoms with Gasteiger partial charge in [0, 0.05) is 34.8 Å². The van der Waals surface area contributed by atoms with E-state index in [4.69, 9.17) is 20.5 Å². The molecule has 0 bridgehead atoms. The van der Waals surface area contributed by atoms with Crippen LogP contribution in [0.1, 0.15) is 48.3 Å². The van der Waals surface area contributed by atoms with E-state index >= 15 is 0 Å². The normalized spacial score (nSPS) is 22.3. The highest BCUT2D eigenvalue weighted by Crippen LogP contribution is 2.41. The van der Waals surface area contributed by atoms with Gasteiger partial charge in [-0.3, -0.25) is 20.7 Å². The minimum Gasteiger partial charge on any atom is -0.371 e. The molecule has 162 valence electrons. The molecular formula is C24H29N5OS. The zero-order chi connectivity index (χ0) is 21.9. The number of piperidine rings is 1. The van der Waals surface area contributed by atoms with Crippen molar-refractivity contribution in [2.24, 2.45) is 4.99 Å². The summed E-state index contributed by atoms with van der Waals surface area (Å²) in [5, 5.41) is 17.9. The van der Waals surface area contributed by atoms with E-state index < -0.39 is 0 Å². The number of hydrogen-bond donors (Lipinski definition) is 2. The predicted octanol–water partition coefficient (Wildman–Crippen LogP) is 4.75. The number of thiophene rings is 1. The van der Waals surface area contributed by atoms with Gasteiger partial charge in [0.05, 0.1) is 17.9 Å². The topological polar surface area (TPSA) is 79.1 Å². The minimum absolute atomic E-state index is 0.190. The van der Waals surface area contributed by atoms with E-state index in [-0.39, 0.29) is 11.6 Å². The van der Waals surface area contributed by atoms with Crippen molar-refractivity contribution in [2.45, 2.75) is 52.2 Å². The summed E-state index contributed by atoms with van der Waals surface area (Å²) in [6.45, 7) is 10.9. The van der Waals surface area contributed by atoms with Crippen molar-refractivity contribution >= 4 is 39.4 Å². The summed E-state index contributed by atoms with van der Waals surface area (Å²) in [6.07, 6.45) is 2.22. The minimum atomic E-state index is -0.314. The average Bonchev–Trinajstić information content (AvgIpc) is 3.46. The molecule has 1 atom stereocenters. The third-order valence-electron chi connectivity index (χ3n) is 6.83. The number of aryl methyl sites for hydroxylation is 1. The Kier molecular flexibility index (Phi) is 4.79. The first-order valence-corrected chi connectivity index (χ1v) is 11.7. The molecule has 3 aliphatic rings. The van der Waals surface area contributed by atoms with Crippen LogP contribution < -0.4 is 9.80 Å². The summed E-state index contributed by atoms with van der Waals surface area (Å²) in [7, 11) is 0. The summed E-state index contributed by atoms with van der Waals surface area (Å²) in [4.78, 5) is 10.4. The Labute approximate surface area is 187 Å². The van der Waals surface area contributed by atoms with Gasteiger partial charge in [0.1, 0.15) is 22.7 Å². The van der Waals surface area contributed by atoms with Gasteiger partial charge in [0.15, 0.2) is 0 Å². The zero-order valence-electron chi connectivity index (χ0n) is 18.6. The van der Waals surface area contributed by atoms with E-state index in [0.29, 0.717) is 11.7 Å². The van der Waals surface area contributed by atoms with Crippen molar-refractivity contribution in [1.82, 2.24) is 0 Å². The first-order valence-electron chi connectivity index (χ1n) is 10.9. The highest BCUT2D eigenvalue weighted by Gasteiger charge is 2.46. The molecular weight excluding hydrogens is 406 g/mol. The Morgan fingerprint density at radius 3 is 2.42 bits per heavy atom. The number of rotatable bonds is 2. The lowest BCUT2D eigenvalue weighted by Gasteiger charge is -2.32. The number of anilines is 2. The van der Waals surface area contributed by atoms with E-state index in [1.165, 1.54) is 16.1 Å². The lowest BCUT2D eigenvalue weighted by atomic mass is 9.96. The molecule has 1 aromatic carbocycles. The molecule has 1 spiro atoms. The maximum Gasteiger partial charge on any atom is 0.132 e. The van der Waals surface area contributed by atoms with Crippen molar-refractivity contribution in [3.63, 3.8) is 0 Å². The molecule has 31 heavy (non-hydrogen) atoms. The van der Waals surface area contributed by atoms with Gasteiger partial charge in [-0.2, -0.15) is 0 Å². The van der Waals surface area contributed by atoms with Crippen molar-refractivity contribution < 1.29 is 4.74 Å². The van der Waals surface area contributed by atoms with Crippen LogP contribution in [0.5, 0.6) is 0 Å². The molecule has 4 heterocycles. The molecule has 2 saturated heterocycles. The third-order valence-corrected chi connectivity index (χ3v) is 8.03. The standard InChI is InChI=1S/C24H29N5OS/c1-14-16(3)31-23-20(14)21(27-15(2)22(26)29(23)17(4)25)18-5-7-19(8-6-18)28-11-9-24(10-12-28)13-30-24/h5-8,15,25-26H,9-13H2,1-4H3/t15-/m0/s1. The van der Waals surface area contributed by atoms with Crippen molar-refractivity contribution in [3.8, 4) is 0 Å². The molecule has 6 nitrogen and oxygen atoms in total. The van der Waals surface area contributed by atoms with Crippen molar-refractivity contribution in [2.75, 3.05) is 29.5 Å². The number of nitrogens with one attached hydrogen (secondary N) is 2. The van der Waals surface area contributed by atoms with E-state index in [1.54, 1.807) is 23.2 Å². The van der Waals surface area contributed by atoms with Crippen LogP contribution in [0.15, 0.2) is 29.3 Å². The summed E-state index contributed by atoms with van der Waals surface area (Å²) >= 11 is 1.65. The largest absolute Gasteiger partial charge is 0.371 e. The number of aliphatic imine (C=N–C) groups is 1. The Morgan fingerprint density at radius 2 is 1.84 bits per heavy atom. The number of epoxide rings is 1. The molecule has 0 radical (unpaired) electrons. The SMILES string of the molecule is CC(=N)N1C(=N)[C@H](C)N=C(c2ccc(N3CCC4(CC3)CO4)cc2)c2c1sc(C)c2C. The number of amidine groups is 2. The first kappa shape index (κ1) is 20.4. The van der Waals surface area contributed by atoms with Gasteiger partial charge >= 0.3 is 0 Å². The van der Waals surface area contributed by atoms with Gasteiger partial charge in [-0.15, -0.1) is 11.3 Å². The fourth-order valence-corrected chi connectivity index (χ4v) is 5.83. The van der Waals surface area contributed by atoms with Gasteiger partial charge in [-0.1, -0.05) is 12.1 Å². The maximum absolute atomic E-state index is 8.66. The molecule has 7 heteroatoms. The first-order chi connectivity index (χ1) is 14.8. The Hall–Kier alpha value is -2.51. The van der Waals surface area contributed by atoms with Gasteiger partial charge in [-0.25, -0.2) is 0 Å². The van der Waals surface area contributed by atoms with Crippen LogP contribution in [0.4, 0.5) is 10.7 Å². The molecule has 2 fully saturated rings. The van der Waals surface area contributed by atoms with Crippen molar-refractivity contribution in [3.05, 3.63) is 45.8 Å². The number of ether oxygens (including phenoxy) is 1. The average molecular weight is 436 g/mol. The summed E-state index contributed by atoms with van der Waals surface area (Å²) in [5.41, 5.74) is 5.66. The molecule has 3 aliphatic heterocycles. The summed E-state index contributed by atoms with van der Waals surface area (Å²) in [6, 6.07) is 8.39. The van der Waals surface area contributed by atoms with Crippen molar-refractivity contribution in [1.29, 1.82) is 10.8 Å². The second-order valence-corrected chi connectivity index (χ2v) is 10.1. The monoisotopic (exact) mass is 435 g/mol. The lowest BCUT2D eigenvalue weighted by Crippen LogP contribution is -2.38. The van der Waals surface area contributed by atoms with Gasteiger partial charge in [0.2, 0.25) is 0 Å². The Balaban J connectivity index is 1.51. The molecule has 2 N–H and O–H groups in total. The van der Waals surface area contributed by atoms with Crippen LogP contribution in [0.3, 0.4) is 0 Å². The third kappa shape index (κ3) is 3.40. The second kappa shape index (κ2) is 7.28. The molecule has 5 rings (SSSR count). The molecule has 0 amide bonds. The molecule has 0 unspecified atom stereocenters. The predicted molar refractivity (Wildman–Crippen MR) is 129 cm³/mol. The van der Waals surface area contributed by atoms with Crippen LogP contribution in [0, 0.1) is 24.7 Å². The Bertz CT molecular complexity index is 1090. The Morgan fingerprint density at radius 1 is 1.19 bits per heavy atom. The van der Waals surface area contributed by atoms with E-state index in [9.17, 15) is 0 Å². The zero-order valence-corrected chi connectivity index (χ0v) is 19.4. The van der Waals surface area contributed by atoms with Crippen LogP contribution in [0.2, 0.25) is 0 Å². The fraction of sp³-hybridized carbons (Fsp3) is 0.458. The molecule has 0 aliphatic carbocycles. The van der Waals surface area contributed by atoms with E-state index in [2.05, 4.69) is 43.0 Å². The van der Waals surface area contributed by atoms with Crippen LogP contribution in [-0.4, -0.2) is 48.7 Å². The smallest absolute Gasteiger partial charge is 0.132 e. The van der Waals surface area contributed by atoms with Crippen LogP contribution in [-0.2, 0) is 4.74 Å². The molecule has 0 saturated carbocycles. The summed E-state index contributed by atoms with van der Waals surface area (Å²) < 4.78 is 5.64. The highest BCUT2D eigenvalue weighted by atomic mass is 32.1. The fourth-order valence-electron chi connectivity index (χ4n) is 4.61. The summed E-state index contributed by atoms with van der Waals surface area (Å²) in [5.74, 6) is 0.708. The van der Waals surface area contributed by atoms with Gasteiger partial charge in [0.25, 0.3) is 0 Å². The number of benzene rings is 1. The van der Waals surface area contributed by atoms with Gasteiger partial charge < -0.3 is 9.64 Å². The molecule has 2 aromatic rings. The quantitative estimate of drug-likeness (QED) is 0.406. The number of nitrogens with zero attached hydrogens (tertiary/aromatic N) is 3. The van der Waals surface area contributed by atoms with Gasteiger partial charge in [-0.05, 0) is 58.2 Å². The van der Waals surface area contributed by atoms with E-state index in [1.807, 2.05) is 6.92 Å². The highest BCUT2D eigenvalue weighted by molar-refractivity contribution is 7.17. The van der Waals surface area contributed by atoms with Crippen LogP contribution >= 0.6 is 11.3 Å². The number of fused-ring (bicyclic) bond motifs is 1.